The average molecular weight is 424 g/mol. The summed E-state index contributed by atoms with van der Waals surface area (Å²) in [7, 11) is 0. The molecule has 0 radical (unpaired) electrons. The molecule has 1 saturated carbocycles. The van der Waals surface area contributed by atoms with Crippen molar-refractivity contribution in [1.29, 1.82) is 0 Å². The summed E-state index contributed by atoms with van der Waals surface area (Å²) in [5.41, 5.74) is 26.2. The minimum atomic E-state index is -1.68. The first-order chi connectivity index (χ1) is 12.5. The van der Waals surface area contributed by atoms with E-state index in [1.807, 2.05) is 12.5 Å². The standard InChI is InChI=1S/C16H33N5O4S2/c1-26-9-7-15(18,19)12(22)24-14(5-3-11(17)4-6-14)25-13(23)16(20,21)8-10-27-2/h11H,3-10,17-21H2,1-2H3. The monoisotopic (exact) mass is 423 g/mol. The van der Waals surface area contributed by atoms with Crippen LogP contribution in [-0.2, 0) is 19.1 Å². The number of nitrogens with two attached hydrogens (primary N) is 5. The van der Waals surface area contributed by atoms with Gasteiger partial charge in [-0.15, -0.1) is 0 Å². The summed E-state index contributed by atoms with van der Waals surface area (Å²) < 4.78 is 11.1. The maximum absolute atomic E-state index is 12.6. The third kappa shape index (κ3) is 7.41. The summed E-state index contributed by atoms with van der Waals surface area (Å²) in [5, 5.41) is 0. The van der Waals surface area contributed by atoms with E-state index < -0.39 is 29.1 Å². The van der Waals surface area contributed by atoms with E-state index in [0.29, 0.717) is 24.3 Å². The highest BCUT2D eigenvalue weighted by Crippen LogP contribution is 2.34. The van der Waals surface area contributed by atoms with Gasteiger partial charge >= 0.3 is 11.9 Å². The first-order valence-electron chi connectivity index (χ1n) is 8.84. The predicted octanol–water partition coefficient (Wildman–Crippen LogP) is -0.596. The molecule has 0 spiro atoms. The molecule has 1 aliphatic rings. The minimum Gasteiger partial charge on any atom is -0.420 e. The third-order valence-electron chi connectivity index (χ3n) is 4.55. The van der Waals surface area contributed by atoms with Gasteiger partial charge in [-0.3, -0.25) is 0 Å². The highest BCUT2D eigenvalue weighted by Gasteiger charge is 2.47. The highest BCUT2D eigenvalue weighted by molar-refractivity contribution is 7.98. The Bertz CT molecular complexity index is 475. The van der Waals surface area contributed by atoms with Gasteiger partial charge in [0.2, 0.25) is 0 Å². The van der Waals surface area contributed by atoms with E-state index in [4.69, 9.17) is 38.1 Å². The van der Waals surface area contributed by atoms with Crippen LogP contribution in [0.1, 0.15) is 38.5 Å². The normalized spacial score (nSPS) is 18.2. The van der Waals surface area contributed by atoms with E-state index in [0.717, 1.165) is 0 Å². The van der Waals surface area contributed by atoms with Crippen molar-refractivity contribution >= 4 is 35.5 Å². The van der Waals surface area contributed by atoms with Gasteiger partial charge in [-0.2, -0.15) is 23.5 Å². The fraction of sp³-hybridized carbons (Fsp3) is 0.875. The molecule has 9 nitrogen and oxygen atoms in total. The molecule has 1 rings (SSSR count). The van der Waals surface area contributed by atoms with Crippen molar-refractivity contribution in [2.45, 2.75) is 61.7 Å². The second-order valence-corrected chi connectivity index (χ2v) is 9.06. The van der Waals surface area contributed by atoms with Crippen LogP contribution in [0.25, 0.3) is 0 Å². The van der Waals surface area contributed by atoms with Gasteiger partial charge in [0.1, 0.15) is 0 Å². The largest absolute Gasteiger partial charge is 0.420 e. The van der Waals surface area contributed by atoms with Crippen molar-refractivity contribution < 1.29 is 19.1 Å². The Labute approximate surface area is 169 Å². The Hall–Kier alpha value is -0.560. The zero-order valence-corrected chi connectivity index (χ0v) is 17.7. The van der Waals surface area contributed by atoms with E-state index in [1.54, 1.807) is 0 Å². The smallest absolute Gasteiger partial charge is 0.344 e. The van der Waals surface area contributed by atoms with Crippen LogP contribution in [0, 0.1) is 0 Å². The van der Waals surface area contributed by atoms with Gasteiger partial charge in [-0.25, -0.2) is 9.59 Å². The molecular formula is C16H33N5O4S2. The zero-order valence-electron chi connectivity index (χ0n) is 16.1. The molecular weight excluding hydrogens is 390 g/mol. The molecule has 0 aromatic rings. The maximum Gasteiger partial charge on any atom is 0.344 e. The zero-order chi connectivity index (χ0) is 20.7. The van der Waals surface area contributed by atoms with E-state index in [9.17, 15) is 9.59 Å². The van der Waals surface area contributed by atoms with Gasteiger partial charge in [-0.1, -0.05) is 0 Å². The van der Waals surface area contributed by atoms with Crippen molar-refractivity contribution in [1.82, 2.24) is 0 Å². The molecule has 27 heavy (non-hydrogen) atoms. The van der Waals surface area contributed by atoms with Gasteiger partial charge in [0.25, 0.3) is 5.79 Å². The fourth-order valence-electron chi connectivity index (χ4n) is 2.58. The Morgan fingerprint density at radius 3 is 1.63 bits per heavy atom. The lowest BCUT2D eigenvalue weighted by atomic mass is 9.90. The Morgan fingerprint density at radius 2 is 1.30 bits per heavy atom. The summed E-state index contributed by atoms with van der Waals surface area (Å²) >= 11 is 3.02. The van der Waals surface area contributed by atoms with Gasteiger partial charge < -0.3 is 38.1 Å². The van der Waals surface area contributed by atoms with Crippen molar-refractivity contribution in [2.75, 3.05) is 24.0 Å². The number of carbonyl (C=O) groups is 2. The maximum atomic E-state index is 12.6. The van der Waals surface area contributed by atoms with Crippen LogP contribution >= 0.6 is 23.5 Å². The van der Waals surface area contributed by atoms with Crippen LogP contribution < -0.4 is 28.7 Å². The van der Waals surface area contributed by atoms with Gasteiger partial charge in [0.15, 0.2) is 11.3 Å². The second kappa shape index (κ2) is 10.3. The molecule has 11 heteroatoms. The molecule has 0 atom stereocenters. The van der Waals surface area contributed by atoms with E-state index in [2.05, 4.69) is 0 Å². The van der Waals surface area contributed by atoms with Crippen LogP contribution in [0.4, 0.5) is 0 Å². The lowest BCUT2D eigenvalue weighted by Gasteiger charge is -2.40. The molecule has 0 aromatic carbocycles. The van der Waals surface area contributed by atoms with Crippen LogP contribution in [0.5, 0.6) is 0 Å². The Balaban J connectivity index is 2.92. The number of ether oxygens (including phenoxy) is 2. The lowest BCUT2D eigenvalue weighted by Crippen LogP contribution is -2.63. The summed E-state index contributed by atoms with van der Waals surface area (Å²) in [6.07, 6.45) is 5.71. The average Bonchev–Trinajstić information content (AvgIpc) is 2.60. The molecule has 0 unspecified atom stereocenters. The molecule has 10 N–H and O–H groups in total. The number of hydrogen-bond donors (Lipinski definition) is 5. The minimum absolute atomic E-state index is 0.0652. The Kier molecular flexibility index (Phi) is 9.32. The van der Waals surface area contributed by atoms with E-state index >= 15 is 0 Å². The van der Waals surface area contributed by atoms with Crippen molar-refractivity contribution in [2.24, 2.45) is 28.7 Å². The molecule has 0 bridgehead atoms. The third-order valence-corrected chi connectivity index (χ3v) is 5.77. The summed E-state index contributed by atoms with van der Waals surface area (Å²) in [6, 6.07) is -0.0652. The van der Waals surface area contributed by atoms with Crippen molar-refractivity contribution in [3.05, 3.63) is 0 Å². The van der Waals surface area contributed by atoms with Crippen LogP contribution in [0.3, 0.4) is 0 Å². The summed E-state index contributed by atoms with van der Waals surface area (Å²) in [5.74, 6) is -1.99. The molecule has 0 aromatic heterocycles. The van der Waals surface area contributed by atoms with Crippen LogP contribution in [0.2, 0.25) is 0 Å². The summed E-state index contributed by atoms with van der Waals surface area (Å²) in [4.78, 5) is 25.1. The Morgan fingerprint density at radius 1 is 0.926 bits per heavy atom. The SMILES string of the molecule is CSCCC(N)(N)C(=O)OC1(OC(=O)C(N)(N)CCSC)CCC(N)CC1. The predicted molar refractivity (Wildman–Crippen MR) is 110 cm³/mol. The van der Waals surface area contributed by atoms with Gasteiger partial charge in [-0.05, 0) is 49.7 Å². The van der Waals surface area contributed by atoms with E-state index in [1.165, 1.54) is 23.5 Å². The number of esters is 2. The number of carbonyl (C=O) groups excluding carboxylic acids is 2. The first kappa shape index (κ1) is 24.5. The lowest BCUT2D eigenvalue weighted by molar-refractivity contribution is -0.246. The molecule has 0 amide bonds. The molecule has 1 aliphatic carbocycles. The van der Waals surface area contributed by atoms with E-state index in [-0.39, 0.29) is 31.7 Å². The fourth-order valence-corrected chi connectivity index (χ4v) is 3.66. The number of thioether (sulfide) groups is 2. The molecule has 0 heterocycles. The molecule has 158 valence electrons. The number of rotatable bonds is 10. The topological polar surface area (TPSA) is 183 Å². The van der Waals surface area contributed by atoms with Gasteiger partial charge in [0.05, 0.1) is 0 Å². The first-order valence-corrected chi connectivity index (χ1v) is 11.6. The van der Waals surface area contributed by atoms with Crippen LogP contribution in [-0.4, -0.2) is 59.1 Å². The second-order valence-electron chi connectivity index (χ2n) is 7.09. The van der Waals surface area contributed by atoms with Crippen LogP contribution in [0.15, 0.2) is 0 Å². The highest BCUT2D eigenvalue weighted by atomic mass is 32.2. The van der Waals surface area contributed by atoms with Gasteiger partial charge in [0, 0.05) is 18.9 Å². The molecule has 0 aliphatic heterocycles. The summed E-state index contributed by atoms with van der Waals surface area (Å²) in [6.45, 7) is 0. The molecule has 1 fully saturated rings. The quantitative estimate of drug-likeness (QED) is 0.223. The molecule has 0 saturated heterocycles. The van der Waals surface area contributed by atoms with Crippen molar-refractivity contribution in [3.8, 4) is 0 Å². The number of hydrogen-bond acceptors (Lipinski definition) is 11. The van der Waals surface area contributed by atoms with Crippen molar-refractivity contribution in [3.63, 3.8) is 0 Å².